The summed E-state index contributed by atoms with van der Waals surface area (Å²) in [6, 6.07) is 22.6. The lowest BCUT2D eigenvalue weighted by Gasteiger charge is -2.23. The minimum Gasteiger partial charge on any atom is -0.460 e. The Bertz CT molecular complexity index is 1250. The number of furan rings is 1. The number of carbonyl (C=O) groups excluding carboxylic acids is 1. The van der Waals surface area contributed by atoms with E-state index in [0.29, 0.717) is 12.2 Å². The summed E-state index contributed by atoms with van der Waals surface area (Å²) in [5.74, 6) is 1.14. The number of fused-ring (bicyclic) bond motifs is 5. The first-order valence-electron chi connectivity index (χ1n) is 11.1. The zero-order valence-electron chi connectivity index (χ0n) is 18.0. The van der Waals surface area contributed by atoms with Crippen molar-refractivity contribution in [2.24, 2.45) is 5.92 Å². The first kappa shape index (κ1) is 19.6. The molecule has 0 spiro atoms. The lowest BCUT2D eigenvalue weighted by molar-refractivity contribution is -0.139. The van der Waals surface area contributed by atoms with Crippen molar-refractivity contribution in [2.45, 2.75) is 39.5 Å². The maximum absolute atomic E-state index is 13.2. The van der Waals surface area contributed by atoms with Crippen LogP contribution in [0.5, 0.6) is 5.75 Å². The van der Waals surface area contributed by atoms with Gasteiger partial charge in [0.15, 0.2) is 0 Å². The molecule has 1 aromatic heterocycles. The summed E-state index contributed by atoms with van der Waals surface area (Å²) in [6.45, 7) is 4.19. The maximum Gasteiger partial charge on any atom is 0.314 e. The third kappa shape index (κ3) is 3.54. The summed E-state index contributed by atoms with van der Waals surface area (Å²) in [6.07, 6.45) is 3.40. The highest BCUT2D eigenvalue weighted by Crippen LogP contribution is 2.48. The summed E-state index contributed by atoms with van der Waals surface area (Å²) in [5.41, 5.74) is 6.06. The van der Waals surface area contributed by atoms with Gasteiger partial charge < -0.3 is 9.15 Å². The second kappa shape index (κ2) is 8.07. The molecule has 0 amide bonds. The third-order valence-electron chi connectivity index (χ3n) is 6.13. The van der Waals surface area contributed by atoms with Crippen LogP contribution in [0.4, 0.5) is 0 Å². The van der Waals surface area contributed by atoms with Crippen LogP contribution >= 0.6 is 0 Å². The molecule has 0 N–H and O–H groups in total. The second-order valence-corrected chi connectivity index (χ2v) is 8.41. The Balaban J connectivity index is 1.81. The molecule has 3 aromatic carbocycles. The molecule has 0 radical (unpaired) electrons. The smallest absolute Gasteiger partial charge is 0.314 e. The van der Waals surface area contributed by atoms with Gasteiger partial charge in [0.25, 0.3) is 0 Å². The molecule has 0 saturated heterocycles. The Morgan fingerprint density at radius 3 is 2.55 bits per heavy atom. The van der Waals surface area contributed by atoms with Crippen LogP contribution in [0.2, 0.25) is 0 Å². The van der Waals surface area contributed by atoms with Crippen molar-refractivity contribution in [3.05, 3.63) is 78.1 Å². The lowest BCUT2D eigenvalue weighted by atomic mass is 9.87. The molecule has 5 rings (SSSR count). The van der Waals surface area contributed by atoms with E-state index in [2.05, 4.69) is 31.2 Å². The Hall–Kier alpha value is -3.33. The molecule has 3 nitrogen and oxygen atoms in total. The van der Waals surface area contributed by atoms with Crippen LogP contribution in [0.15, 0.2) is 71.1 Å². The lowest BCUT2D eigenvalue weighted by Crippen LogP contribution is -2.24. The number of rotatable bonds is 4. The van der Waals surface area contributed by atoms with Gasteiger partial charge in [0.05, 0.1) is 5.92 Å². The fraction of sp³-hybridized carbons (Fsp3) is 0.250. The van der Waals surface area contributed by atoms with Crippen molar-refractivity contribution in [1.29, 1.82) is 0 Å². The molecule has 0 fully saturated rings. The van der Waals surface area contributed by atoms with Crippen molar-refractivity contribution < 1.29 is 13.9 Å². The average Bonchev–Trinajstić information content (AvgIpc) is 3.13. The monoisotopic (exact) mass is 410 g/mol. The van der Waals surface area contributed by atoms with E-state index in [9.17, 15) is 4.79 Å². The second-order valence-electron chi connectivity index (χ2n) is 8.41. The normalized spacial score (nSPS) is 15.7. The van der Waals surface area contributed by atoms with E-state index in [1.54, 1.807) is 0 Å². The zero-order chi connectivity index (χ0) is 21.4. The fourth-order valence-corrected chi connectivity index (χ4v) is 4.62. The summed E-state index contributed by atoms with van der Waals surface area (Å²) in [7, 11) is 0. The minimum atomic E-state index is -0.201. The molecule has 1 aliphatic rings. The predicted molar refractivity (Wildman–Crippen MR) is 124 cm³/mol. The van der Waals surface area contributed by atoms with Gasteiger partial charge in [-0.1, -0.05) is 74.4 Å². The van der Waals surface area contributed by atoms with Gasteiger partial charge in [-0.05, 0) is 42.2 Å². The summed E-state index contributed by atoms with van der Waals surface area (Å²) >= 11 is 0. The van der Waals surface area contributed by atoms with Gasteiger partial charge in [-0.2, -0.15) is 0 Å². The number of carbonyl (C=O) groups is 1. The van der Waals surface area contributed by atoms with E-state index in [1.165, 1.54) is 0 Å². The molecule has 0 saturated carbocycles. The molecular formula is C28H26O3. The van der Waals surface area contributed by atoms with Crippen LogP contribution < -0.4 is 4.74 Å². The fourth-order valence-electron chi connectivity index (χ4n) is 4.62. The third-order valence-corrected chi connectivity index (χ3v) is 6.13. The van der Waals surface area contributed by atoms with E-state index >= 15 is 0 Å². The van der Waals surface area contributed by atoms with Gasteiger partial charge in [0.1, 0.15) is 17.1 Å². The average molecular weight is 411 g/mol. The quantitative estimate of drug-likeness (QED) is 0.261. The van der Waals surface area contributed by atoms with Gasteiger partial charge in [0.2, 0.25) is 0 Å². The topological polar surface area (TPSA) is 39.4 Å². The van der Waals surface area contributed by atoms with Gasteiger partial charge >= 0.3 is 5.97 Å². The number of ether oxygens (including phenoxy) is 1. The number of benzene rings is 3. The van der Waals surface area contributed by atoms with Crippen LogP contribution in [0.25, 0.3) is 33.2 Å². The molecule has 2 heterocycles. The Kier molecular flexibility index (Phi) is 5.11. The highest BCUT2D eigenvalue weighted by Gasteiger charge is 2.32. The number of aryl methyl sites for hydroxylation is 1. The first-order chi connectivity index (χ1) is 15.2. The zero-order valence-corrected chi connectivity index (χ0v) is 18.0. The SMILES string of the molecule is CCCC[C@H]1Cc2oc3ccccc3c2-c2c(cc(C)cc2-c2ccccc2)OC1=O. The summed E-state index contributed by atoms with van der Waals surface area (Å²) in [4.78, 5) is 13.2. The number of hydrogen-bond acceptors (Lipinski definition) is 3. The van der Waals surface area contributed by atoms with Gasteiger partial charge in [0, 0.05) is 22.9 Å². The molecule has 156 valence electrons. The van der Waals surface area contributed by atoms with Gasteiger partial charge in [-0.15, -0.1) is 0 Å². The minimum absolute atomic E-state index is 0.162. The molecule has 1 aliphatic heterocycles. The molecule has 4 aromatic rings. The van der Waals surface area contributed by atoms with Crippen LogP contribution in [-0.4, -0.2) is 5.97 Å². The van der Waals surface area contributed by atoms with Gasteiger partial charge in [-0.25, -0.2) is 0 Å². The Labute approximate surface area is 182 Å². The van der Waals surface area contributed by atoms with E-state index in [-0.39, 0.29) is 11.9 Å². The summed E-state index contributed by atoms with van der Waals surface area (Å²) < 4.78 is 12.4. The van der Waals surface area contributed by atoms with Crippen LogP contribution in [0.3, 0.4) is 0 Å². The highest BCUT2D eigenvalue weighted by atomic mass is 16.5. The predicted octanol–water partition coefficient (Wildman–Crippen LogP) is 7.34. The van der Waals surface area contributed by atoms with Crippen molar-refractivity contribution >= 4 is 16.9 Å². The van der Waals surface area contributed by atoms with Crippen LogP contribution in [-0.2, 0) is 11.2 Å². The Morgan fingerprint density at radius 2 is 1.74 bits per heavy atom. The maximum atomic E-state index is 13.2. The molecule has 3 heteroatoms. The van der Waals surface area contributed by atoms with E-state index < -0.39 is 0 Å². The number of hydrogen-bond donors (Lipinski definition) is 0. The Morgan fingerprint density at radius 1 is 0.968 bits per heavy atom. The van der Waals surface area contributed by atoms with Gasteiger partial charge in [-0.3, -0.25) is 4.79 Å². The van der Waals surface area contributed by atoms with Crippen LogP contribution in [0.1, 0.15) is 37.5 Å². The largest absolute Gasteiger partial charge is 0.460 e. The number of unbranched alkanes of at least 4 members (excludes halogenated alkanes) is 1. The number of para-hydroxylation sites is 1. The van der Waals surface area contributed by atoms with Crippen molar-refractivity contribution in [3.8, 4) is 28.0 Å². The standard InChI is InChI=1S/C28H26O3/c1-3-4-10-20-17-25-26(21-13-8-9-14-23(21)30-25)27-22(19-11-6-5-7-12-19)15-18(2)16-24(27)31-28(20)29/h5-9,11-16,20H,3-4,10,17H2,1-2H3/t20-/m0/s1. The van der Waals surface area contributed by atoms with Crippen LogP contribution in [0, 0.1) is 12.8 Å². The molecule has 0 aliphatic carbocycles. The molecular weight excluding hydrogens is 384 g/mol. The van der Waals surface area contributed by atoms with E-state index in [4.69, 9.17) is 9.15 Å². The molecule has 1 atom stereocenters. The number of esters is 1. The highest BCUT2D eigenvalue weighted by molar-refractivity contribution is 6.03. The van der Waals surface area contributed by atoms with E-state index in [1.807, 2.05) is 49.4 Å². The molecule has 31 heavy (non-hydrogen) atoms. The molecule has 0 unspecified atom stereocenters. The van der Waals surface area contributed by atoms with Crippen molar-refractivity contribution in [1.82, 2.24) is 0 Å². The summed E-state index contributed by atoms with van der Waals surface area (Å²) in [5, 5.41) is 1.06. The van der Waals surface area contributed by atoms with Crippen molar-refractivity contribution in [3.63, 3.8) is 0 Å². The molecule has 0 bridgehead atoms. The van der Waals surface area contributed by atoms with Crippen molar-refractivity contribution in [2.75, 3.05) is 0 Å². The first-order valence-corrected chi connectivity index (χ1v) is 11.1. The van der Waals surface area contributed by atoms with E-state index in [0.717, 1.165) is 63.8 Å².